The second kappa shape index (κ2) is 4.87. The van der Waals surface area contributed by atoms with Crippen LogP contribution in [0, 0.1) is 0 Å². The summed E-state index contributed by atoms with van der Waals surface area (Å²) in [7, 11) is 0. The number of carbonyl (C=O) groups excluding carboxylic acids is 1. The van der Waals surface area contributed by atoms with Crippen molar-refractivity contribution < 1.29 is 39.9 Å². The number of anilines is 1. The maximum Gasteiger partial charge on any atom is 0.463 e. The molecule has 0 saturated carbocycles. The number of nitrogens with zero attached hydrogens (tertiary/aromatic N) is 1. The summed E-state index contributed by atoms with van der Waals surface area (Å²) in [5.41, 5.74) is -2.12. The third-order valence-corrected chi connectivity index (χ3v) is 1.95. The summed E-state index contributed by atoms with van der Waals surface area (Å²) in [5, 5.41) is 1.13. The lowest BCUT2D eigenvalue weighted by Gasteiger charge is -2.18. The van der Waals surface area contributed by atoms with Gasteiger partial charge < -0.3 is 5.32 Å². The van der Waals surface area contributed by atoms with Crippen LogP contribution in [0.5, 0.6) is 0 Å². The van der Waals surface area contributed by atoms with E-state index in [0.717, 1.165) is 5.32 Å². The Labute approximate surface area is 105 Å². The first-order chi connectivity index (χ1) is 8.85. The average molecular weight is 308 g/mol. The zero-order chi connectivity index (χ0) is 15.8. The van der Waals surface area contributed by atoms with Crippen LogP contribution in [-0.2, 0) is 11.0 Å². The fourth-order valence-corrected chi connectivity index (χ4v) is 0.974. The Balaban J connectivity index is 2.88. The van der Waals surface area contributed by atoms with Gasteiger partial charge in [0.15, 0.2) is 0 Å². The molecule has 3 nitrogen and oxygen atoms in total. The Kier molecular flexibility index (Phi) is 3.92. The van der Waals surface area contributed by atoms with Gasteiger partial charge in [0.25, 0.3) is 0 Å². The molecule has 1 rings (SSSR count). The zero-order valence-electron chi connectivity index (χ0n) is 9.11. The van der Waals surface area contributed by atoms with Gasteiger partial charge in [0.2, 0.25) is 0 Å². The molecule has 0 fully saturated rings. The van der Waals surface area contributed by atoms with Gasteiger partial charge >= 0.3 is 24.2 Å². The van der Waals surface area contributed by atoms with E-state index in [-0.39, 0.29) is 0 Å². The first kappa shape index (κ1) is 16.1. The fraction of sp³-hybridized carbons (Fsp3) is 0.333. The van der Waals surface area contributed by atoms with Crippen LogP contribution in [0.2, 0.25) is 0 Å². The van der Waals surface area contributed by atoms with Crippen molar-refractivity contribution >= 4 is 11.6 Å². The molecule has 0 aliphatic rings. The zero-order valence-corrected chi connectivity index (χ0v) is 9.11. The molecule has 0 spiro atoms. The van der Waals surface area contributed by atoms with E-state index in [1.54, 1.807) is 0 Å². The van der Waals surface area contributed by atoms with Gasteiger partial charge in [0.05, 0.1) is 11.9 Å². The first-order valence-electron chi connectivity index (χ1n) is 4.65. The van der Waals surface area contributed by atoms with Gasteiger partial charge in [0, 0.05) is 0 Å². The maximum atomic E-state index is 12.5. The van der Waals surface area contributed by atoms with Gasteiger partial charge in [-0.3, -0.25) is 4.79 Å². The first-order valence-corrected chi connectivity index (χ1v) is 4.65. The Hall–Kier alpha value is -1.94. The molecule has 1 aromatic heterocycles. The van der Waals surface area contributed by atoms with Gasteiger partial charge in [-0.15, -0.1) is 0 Å². The molecule has 1 heterocycles. The number of halogens is 8. The van der Waals surface area contributed by atoms with E-state index in [2.05, 4.69) is 4.98 Å². The second-order valence-corrected chi connectivity index (χ2v) is 3.46. The highest BCUT2D eigenvalue weighted by Gasteiger charge is 2.63. The van der Waals surface area contributed by atoms with Crippen molar-refractivity contribution in [2.75, 3.05) is 5.32 Å². The molecule has 1 amide bonds. The number of hydrogen-bond acceptors (Lipinski definition) is 2. The molecule has 20 heavy (non-hydrogen) atoms. The minimum atomic E-state index is -6.11. The van der Waals surface area contributed by atoms with Crippen molar-refractivity contribution in [2.45, 2.75) is 18.3 Å². The quantitative estimate of drug-likeness (QED) is 0.852. The molecular weight excluding hydrogens is 304 g/mol. The van der Waals surface area contributed by atoms with Crippen LogP contribution in [0.15, 0.2) is 18.3 Å². The predicted octanol–water partition coefficient (Wildman–Crippen LogP) is 3.24. The molecule has 0 aromatic carbocycles. The van der Waals surface area contributed by atoms with Crippen LogP contribution >= 0.6 is 0 Å². The molecule has 112 valence electrons. The van der Waals surface area contributed by atoms with E-state index < -0.39 is 35.6 Å². The molecule has 0 unspecified atom stereocenters. The maximum absolute atomic E-state index is 12.5. The summed E-state index contributed by atoms with van der Waals surface area (Å²) >= 11 is 0. The normalized spacial score (nSPS) is 13.2. The summed E-state index contributed by atoms with van der Waals surface area (Å²) in [6.45, 7) is 0. The summed E-state index contributed by atoms with van der Waals surface area (Å²) in [5.74, 6) is -8.39. The Morgan fingerprint density at radius 1 is 1.00 bits per heavy atom. The van der Waals surface area contributed by atoms with E-state index in [1.807, 2.05) is 0 Å². The van der Waals surface area contributed by atoms with E-state index in [0.29, 0.717) is 18.3 Å². The lowest BCUT2D eigenvalue weighted by Crippen LogP contribution is -2.47. The van der Waals surface area contributed by atoms with E-state index in [4.69, 9.17) is 0 Å². The van der Waals surface area contributed by atoms with Crippen molar-refractivity contribution in [1.29, 1.82) is 0 Å². The number of nitrogens with one attached hydrogen (secondary N) is 1. The Morgan fingerprint density at radius 3 is 1.90 bits per heavy atom. The summed E-state index contributed by atoms with van der Waals surface area (Å²) in [6, 6.07) is 0.821. The SMILES string of the molecule is O=C(Nc1ccc(C(F)(F)F)nc1)C(F)(F)C(F)(F)F. The molecule has 0 aliphatic carbocycles. The highest BCUT2D eigenvalue weighted by Crippen LogP contribution is 2.36. The number of rotatable bonds is 2. The van der Waals surface area contributed by atoms with Crippen molar-refractivity contribution in [3.63, 3.8) is 0 Å². The van der Waals surface area contributed by atoms with Crippen molar-refractivity contribution in [3.05, 3.63) is 24.0 Å². The number of aromatic nitrogens is 1. The number of hydrogen-bond donors (Lipinski definition) is 1. The van der Waals surface area contributed by atoms with Crippen molar-refractivity contribution in [2.24, 2.45) is 0 Å². The molecule has 1 aromatic rings. The fourth-order valence-electron chi connectivity index (χ4n) is 0.974. The third-order valence-electron chi connectivity index (χ3n) is 1.95. The minimum Gasteiger partial charge on any atom is -0.319 e. The van der Waals surface area contributed by atoms with Gasteiger partial charge in [-0.1, -0.05) is 0 Å². The van der Waals surface area contributed by atoms with Gasteiger partial charge in [-0.2, -0.15) is 35.1 Å². The highest BCUT2D eigenvalue weighted by atomic mass is 19.4. The summed E-state index contributed by atoms with van der Waals surface area (Å²) in [6.07, 6.45) is -10.6. The summed E-state index contributed by atoms with van der Waals surface area (Å²) in [4.78, 5) is 13.5. The Bertz CT molecular complexity index is 490. The monoisotopic (exact) mass is 308 g/mol. The smallest absolute Gasteiger partial charge is 0.319 e. The molecule has 0 atom stereocenters. The van der Waals surface area contributed by atoms with Crippen LogP contribution in [0.4, 0.5) is 40.8 Å². The number of amides is 1. The van der Waals surface area contributed by atoms with Crippen LogP contribution < -0.4 is 5.32 Å². The number of pyridine rings is 1. The van der Waals surface area contributed by atoms with Gasteiger partial charge in [-0.05, 0) is 12.1 Å². The minimum absolute atomic E-state index is 0.313. The third kappa shape index (κ3) is 3.33. The second-order valence-electron chi connectivity index (χ2n) is 3.46. The van der Waals surface area contributed by atoms with E-state index >= 15 is 0 Å². The average Bonchev–Trinajstić information content (AvgIpc) is 2.26. The molecular formula is C9H4F8N2O. The summed E-state index contributed by atoms with van der Waals surface area (Å²) < 4.78 is 96.9. The van der Waals surface area contributed by atoms with Gasteiger partial charge in [-0.25, -0.2) is 4.98 Å². The van der Waals surface area contributed by atoms with Crippen LogP contribution in [-0.4, -0.2) is 23.0 Å². The van der Waals surface area contributed by atoms with Gasteiger partial charge in [0.1, 0.15) is 5.69 Å². The number of carbonyl (C=O) groups is 1. The van der Waals surface area contributed by atoms with Crippen LogP contribution in [0.1, 0.15) is 5.69 Å². The molecule has 11 heteroatoms. The lowest BCUT2D eigenvalue weighted by atomic mass is 10.2. The standard InChI is InChI=1S/C9H4F8N2O/c10-7(11,9(15,16)17)6(20)19-4-1-2-5(18-3-4)8(12,13)14/h1-3H,(H,19,20). The molecule has 0 saturated heterocycles. The topological polar surface area (TPSA) is 42.0 Å². The van der Waals surface area contributed by atoms with E-state index in [1.165, 1.54) is 0 Å². The van der Waals surface area contributed by atoms with Crippen LogP contribution in [0.3, 0.4) is 0 Å². The lowest BCUT2D eigenvalue weighted by molar-refractivity contribution is -0.267. The predicted molar refractivity (Wildman–Crippen MR) is 48.9 cm³/mol. The number of alkyl halides is 8. The van der Waals surface area contributed by atoms with Crippen LogP contribution in [0.25, 0.3) is 0 Å². The molecule has 0 aliphatic heterocycles. The van der Waals surface area contributed by atoms with Crippen molar-refractivity contribution in [3.8, 4) is 0 Å². The molecule has 0 radical (unpaired) electrons. The highest BCUT2D eigenvalue weighted by molar-refractivity contribution is 5.96. The Morgan fingerprint density at radius 2 is 1.55 bits per heavy atom. The van der Waals surface area contributed by atoms with Crippen molar-refractivity contribution in [1.82, 2.24) is 4.98 Å². The molecule has 0 bridgehead atoms. The molecule has 1 N–H and O–H groups in total. The largest absolute Gasteiger partial charge is 0.463 e. The van der Waals surface area contributed by atoms with E-state index in [9.17, 15) is 39.9 Å².